The third-order valence-electron chi connectivity index (χ3n) is 5.87. The van der Waals surface area contributed by atoms with Gasteiger partial charge in [-0.3, -0.25) is 9.69 Å². The second-order valence-corrected chi connectivity index (χ2v) is 9.04. The van der Waals surface area contributed by atoms with Gasteiger partial charge in [0.15, 0.2) is 0 Å². The molecule has 0 saturated carbocycles. The molecule has 1 atom stereocenters. The summed E-state index contributed by atoms with van der Waals surface area (Å²) in [6.45, 7) is 8.13. The van der Waals surface area contributed by atoms with E-state index in [-0.39, 0.29) is 30.3 Å². The lowest BCUT2D eigenvalue weighted by Crippen LogP contribution is -2.43. The van der Waals surface area contributed by atoms with Crippen molar-refractivity contribution in [2.75, 3.05) is 32.7 Å². The summed E-state index contributed by atoms with van der Waals surface area (Å²) in [5, 5.41) is 16.6. The molecule has 2 aromatic rings. The summed E-state index contributed by atoms with van der Waals surface area (Å²) in [6.07, 6.45) is 1.03. The van der Waals surface area contributed by atoms with Crippen LogP contribution in [0, 0.1) is 5.92 Å². The van der Waals surface area contributed by atoms with Crippen molar-refractivity contribution in [2.45, 2.75) is 45.4 Å². The van der Waals surface area contributed by atoms with Crippen LogP contribution >= 0.6 is 0 Å². The number of ether oxygens (including phenoxy) is 1. The van der Waals surface area contributed by atoms with Gasteiger partial charge in [-0.25, -0.2) is 4.98 Å². The van der Waals surface area contributed by atoms with Gasteiger partial charge in [0.1, 0.15) is 5.69 Å². The molecule has 0 spiro atoms. The fourth-order valence-corrected chi connectivity index (χ4v) is 4.12. The van der Waals surface area contributed by atoms with Gasteiger partial charge >= 0.3 is 6.01 Å². The number of β-amino-alcohol motifs (C(OH)–C–C–N with tert-alkyl or cyclic N) is 1. The second-order valence-electron chi connectivity index (χ2n) is 9.04. The van der Waals surface area contributed by atoms with Gasteiger partial charge in [0, 0.05) is 31.9 Å². The zero-order valence-electron chi connectivity index (χ0n) is 18.9. The topological polar surface area (TPSA) is 99.6 Å². The number of rotatable bonds is 9. The smallest absolute Gasteiger partial charge is 0.317 e. The quantitative estimate of drug-likeness (QED) is 0.539. The molecule has 1 aromatic heterocycles. The van der Waals surface area contributed by atoms with Crippen LogP contribution in [0.15, 0.2) is 30.3 Å². The van der Waals surface area contributed by atoms with Crippen molar-refractivity contribution in [3.63, 3.8) is 0 Å². The lowest BCUT2D eigenvalue weighted by atomic mass is 9.97. The van der Waals surface area contributed by atoms with Crippen molar-refractivity contribution in [2.24, 2.45) is 5.92 Å². The van der Waals surface area contributed by atoms with Crippen LogP contribution in [0.25, 0.3) is 0 Å². The van der Waals surface area contributed by atoms with E-state index in [1.807, 2.05) is 19.9 Å². The zero-order valence-corrected chi connectivity index (χ0v) is 18.9. The number of carbonyl (C=O) groups excluding carboxylic acids is 1. The second kappa shape index (κ2) is 10.4. The molecular weight excluding hydrogens is 406 g/mol. The van der Waals surface area contributed by atoms with Crippen LogP contribution in [0.3, 0.4) is 0 Å². The fraction of sp³-hybridized carbons (Fsp3) is 0.542. The van der Waals surface area contributed by atoms with E-state index in [1.54, 1.807) is 6.07 Å². The maximum Gasteiger partial charge on any atom is 0.317 e. The number of aliphatic hydroxyl groups excluding tert-OH is 1. The molecule has 1 amide bonds. The normalized spacial score (nSPS) is 17.5. The monoisotopic (exact) mass is 439 g/mol. The van der Waals surface area contributed by atoms with Crippen molar-refractivity contribution in [3.8, 4) is 6.01 Å². The highest BCUT2D eigenvalue weighted by atomic mass is 16.5. The van der Waals surface area contributed by atoms with E-state index in [0.717, 1.165) is 44.7 Å². The highest BCUT2D eigenvalue weighted by molar-refractivity contribution is 5.92. The molecule has 8 nitrogen and oxygen atoms in total. The van der Waals surface area contributed by atoms with E-state index in [2.05, 4.69) is 43.7 Å². The Morgan fingerprint density at radius 3 is 2.78 bits per heavy atom. The number of benzene rings is 1. The van der Waals surface area contributed by atoms with Gasteiger partial charge in [-0.2, -0.15) is 4.98 Å². The molecule has 2 aliphatic heterocycles. The molecule has 8 heteroatoms. The average Bonchev–Trinajstić information content (AvgIpc) is 2.74. The number of carbonyl (C=O) groups is 1. The first-order valence-electron chi connectivity index (χ1n) is 11.5. The minimum absolute atomic E-state index is 0.0805. The molecule has 0 aliphatic carbocycles. The van der Waals surface area contributed by atoms with Crippen LogP contribution in [0.2, 0.25) is 0 Å². The molecule has 32 heavy (non-hydrogen) atoms. The van der Waals surface area contributed by atoms with Crippen LogP contribution in [-0.4, -0.2) is 70.8 Å². The van der Waals surface area contributed by atoms with Crippen LogP contribution < -0.4 is 15.4 Å². The fourth-order valence-electron chi connectivity index (χ4n) is 4.12. The SMILES string of the molecule is CC(C)Oc1nc(CC2CNC2)cc(C(=O)NC[C@H](O)CN2CCc3ccccc3C2)n1. The van der Waals surface area contributed by atoms with Gasteiger partial charge in [0.2, 0.25) is 0 Å². The first kappa shape index (κ1) is 22.6. The Morgan fingerprint density at radius 1 is 1.28 bits per heavy atom. The van der Waals surface area contributed by atoms with Gasteiger partial charge in [0.05, 0.1) is 12.2 Å². The molecule has 0 bridgehead atoms. The third kappa shape index (κ3) is 6.03. The first-order chi connectivity index (χ1) is 15.5. The van der Waals surface area contributed by atoms with E-state index in [4.69, 9.17) is 4.74 Å². The molecule has 172 valence electrons. The van der Waals surface area contributed by atoms with Gasteiger partial charge < -0.3 is 20.5 Å². The van der Waals surface area contributed by atoms with Gasteiger partial charge in [0.25, 0.3) is 5.91 Å². The summed E-state index contributed by atoms with van der Waals surface area (Å²) in [5.41, 5.74) is 3.77. The molecule has 1 saturated heterocycles. The number of amides is 1. The van der Waals surface area contributed by atoms with E-state index >= 15 is 0 Å². The molecule has 1 fully saturated rings. The molecule has 1 aromatic carbocycles. The van der Waals surface area contributed by atoms with Crippen LogP contribution in [-0.2, 0) is 19.4 Å². The van der Waals surface area contributed by atoms with Crippen molar-refractivity contribution in [1.29, 1.82) is 0 Å². The Hall–Kier alpha value is -2.55. The molecule has 3 heterocycles. The predicted octanol–water partition coefficient (Wildman–Crippen LogP) is 1.17. The van der Waals surface area contributed by atoms with Gasteiger partial charge in [-0.1, -0.05) is 24.3 Å². The first-order valence-corrected chi connectivity index (χ1v) is 11.5. The molecule has 0 radical (unpaired) electrons. The summed E-state index contributed by atoms with van der Waals surface area (Å²) < 4.78 is 5.66. The van der Waals surface area contributed by atoms with Crippen LogP contribution in [0.4, 0.5) is 0 Å². The number of fused-ring (bicyclic) bond motifs is 1. The van der Waals surface area contributed by atoms with Gasteiger partial charge in [-0.15, -0.1) is 0 Å². The lowest BCUT2D eigenvalue weighted by molar-refractivity contribution is 0.0836. The predicted molar refractivity (Wildman–Crippen MR) is 122 cm³/mol. The Labute approximate surface area is 189 Å². The number of aromatic nitrogens is 2. The van der Waals surface area contributed by atoms with E-state index in [9.17, 15) is 9.90 Å². The molecule has 2 aliphatic rings. The van der Waals surface area contributed by atoms with Crippen molar-refractivity contribution >= 4 is 5.91 Å². The van der Waals surface area contributed by atoms with E-state index in [1.165, 1.54) is 11.1 Å². The average molecular weight is 440 g/mol. The van der Waals surface area contributed by atoms with Crippen LogP contribution in [0.1, 0.15) is 41.2 Å². The van der Waals surface area contributed by atoms with E-state index < -0.39 is 6.10 Å². The Morgan fingerprint density at radius 2 is 2.06 bits per heavy atom. The summed E-state index contributed by atoms with van der Waals surface area (Å²) >= 11 is 0. The number of aliphatic hydroxyl groups is 1. The molecular formula is C24H33N5O3. The largest absolute Gasteiger partial charge is 0.461 e. The maximum absolute atomic E-state index is 12.8. The maximum atomic E-state index is 12.8. The number of hydrogen-bond acceptors (Lipinski definition) is 7. The molecule has 4 rings (SSSR count). The van der Waals surface area contributed by atoms with Crippen molar-refractivity contribution in [1.82, 2.24) is 25.5 Å². The van der Waals surface area contributed by atoms with E-state index in [0.29, 0.717) is 12.5 Å². The summed E-state index contributed by atoms with van der Waals surface area (Å²) in [5.74, 6) is 0.196. The number of nitrogens with one attached hydrogen (secondary N) is 2. The zero-order chi connectivity index (χ0) is 22.5. The standard InChI is InChI=1S/C24H33N5O3/c1-16(2)32-24-27-20(9-17-11-25-12-17)10-22(28-24)23(31)26-13-21(30)15-29-8-7-18-5-3-4-6-19(18)14-29/h3-6,10,16-17,21,25,30H,7-9,11-15H2,1-2H3,(H,26,31)/t21-/m0/s1. The van der Waals surface area contributed by atoms with Crippen LogP contribution in [0.5, 0.6) is 6.01 Å². The Kier molecular flexibility index (Phi) is 7.34. The lowest BCUT2D eigenvalue weighted by Gasteiger charge is -2.30. The van der Waals surface area contributed by atoms with Gasteiger partial charge in [-0.05, 0) is 62.9 Å². The van der Waals surface area contributed by atoms with Crippen molar-refractivity contribution < 1.29 is 14.6 Å². The highest BCUT2D eigenvalue weighted by Gasteiger charge is 2.22. The number of nitrogens with zero attached hydrogens (tertiary/aromatic N) is 3. The minimum atomic E-state index is -0.655. The summed E-state index contributed by atoms with van der Waals surface area (Å²) in [7, 11) is 0. The summed E-state index contributed by atoms with van der Waals surface area (Å²) in [4.78, 5) is 23.8. The Balaban J connectivity index is 1.33. The number of hydrogen-bond donors (Lipinski definition) is 3. The highest BCUT2D eigenvalue weighted by Crippen LogP contribution is 2.19. The van der Waals surface area contributed by atoms with Crippen molar-refractivity contribution in [3.05, 3.63) is 52.8 Å². The molecule has 0 unspecified atom stereocenters. The minimum Gasteiger partial charge on any atom is -0.461 e. The molecule has 3 N–H and O–H groups in total. The third-order valence-corrected chi connectivity index (χ3v) is 5.87. The summed E-state index contributed by atoms with van der Waals surface area (Å²) in [6, 6.07) is 10.4. The Bertz CT molecular complexity index is 932.